The number of rotatable bonds is 3. The largest absolute Gasteiger partial charge is 0.768 e. The standard InChI is InChI=1S/C11H12O2S/c1-3-9(4-2)10-5-7-11(8-6-10)14(12)13/h3-8H,1H2,2H3,(H,12,13)/p-1/b9-4+. The van der Waals surface area contributed by atoms with Gasteiger partial charge in [-0.05, 0) is 41.3 Å². The molecule has 0 saturated heterocycles. The molecule has 0 bridgehead atoms. The minimum atomic E-state index is -2.15. The lowest BCUT2D eigenvalue weighted by Crippen LogP contribution is -1.88. The second kappa shape index (κ2) is 4.88. The molecule has 14 heavy (non-hydrogen) atoms. The predicted octanol–water partition coefficient (Wildman–Crippen LogP) is 2.51. The van der Waals surface area contributed by atoms with Crippen LogP contribution in [-0.2, 0) is 11.1 Å². The summed E-state index contributed by atoms with van der Waals surface area (Å²) in [5, 5.41) is 0. The summed E-state index contributed by atoms with van der Waals surface area (Å²) >= 11 is -2.15. The Morgan fingerprint density at radius 2 is 2.00 bits per heavy atom. The van der Waals surface area contributed by atoms with Crippen molar-refractivity contribution in [2.45, 2.75) is 11.8 Å². The van der Waals surface area contributed by atoms with Gasteiger partial charge in [0, 0.05) is 4.90 Å². The highest BCUT2D eigenvalue weighted by Crippen LogP contribution is 2.16. The van der Waals surface area contributed by atoms with E-state index in [2.05, 4.69) is 6.58 Å². The summed E-state index contributed by atoms with van der Waals surface area (Å²) in [6.45, 7) is 5.59. The third-order valence-electron chi connectivity index (χ3n) is 1.91. The van der Waals surface area contributed by atoms with Crippen molar-refractivity contribution in [1.82, 2.24) is 0 Å². The molecule has 0 N–H and O–H groups in total. The summed E-state index contributed by atoms with van der Waals surface area (Å²) in [6.07, 6.45) is 3.67. The van der Waals surface area contributed by atoms with Gasteiger partial charge in [0.2, 0.25) is 0 Å². The Balaban J connectivity index is 3.05. The van der Waals surface area contributed by atoms with Crippen molar-refractivity contribution in [3.8, 4) is 0 Å². The molecular weight excluding hydrogens is 196 g/mol. The van der Waals surface area contributed by atoms with Crippen LogP contribution in [0.1, 0.15) is 12.5 Å². The van der Waals surface area contributed by atoms with Gasteiger partial charge in [-0.25, -0.2) is 0 Å². The van der Waals surface area contributed by atoms with Gasteiger partial charge in [-0.1, -0.05) is 30.9 Å². The van der Waals surface area contributed by atoms with Crippen molar-refractivity contribution >= 4 is 16.7 Å². The second-order valence-corrected chi connectivity index (χ2v) is 3.65. The van der Waals surface area contributed by atoms with Gasteiger partial charge >= 0.3 is 0 Å². The van der Waals surface area contributed by atoms with E-state index >= 15 is 0 Å². The number of hydrogen-bond donors (Lipinski definition) is 0. The maximum atomic E-state index is 10.6. The molecule has 1 aromatic rings. The zero-order chi connectivity index (χ0) is 10.6. The number of hydrogen-bond acceptors (Lipinski definition) is 2. The first-order valence-corrected chi connectivity index (χ1v) is 5.25. The van der Waals surface area contributed by atoms with Crippen LogP contribution in [0.4, 0.5) is 0 Å². The molecule has 0 fully saturated rings. The topological polar surface area (TPSA) is 40.1 Å². The van der Waals surface area contributed by atoms with Gasteiger partial charge < -0.3 is 4.55 Å². The van der Waals surface area contributed by atoms with Crippen molar-refractivity contribution in [2.75, 3.05) is 0 Å². The first-order valence-electron chi connectivity index (χ1n) is 4.17. The van der Waals surface area contributed by atoms with Crippen LogP contribution in [0.2, 0.25) is 0 Å². The minimum Gasteiger partial charge on any atom is -0.768 e. The first kappa shape index (κ1) is 10.9. The quantitative estimate of drug-likeness (QED) is 0.564. The predicted molar refractivity (Wildman–Crippen MR) is 57.5 cm³/mol. The molecule has 3 heteroatoms. The zero-order valence-corrected chi connectivity index (χ0v) is 8.71. The fraction of sp³-hybridized carbons (Fsp3) is 0.0909. The smallest absolute Gasteiger partial charge is 0.0249 e. The molecule has 0 radical (unpaired) electrons. The lowest BCUT2D eigenvalue weighted by Gasteiger charge is -2.06. The van der Waals surface area contributed by atoms with Crippen LogP contribution in [0.5, 0.6) is 0 Å². The Morgan fingerprint density at radius 1 is 1.43 bits per heavy atom. The molecule has 0 aliphatic heterocycles. The molecule has 0 amide bonds. The summed E-state index contributed by atoms with van der Waals surface area (Å²) in [6, 6.07) is 6.68. The van der Waals surface area contributed by atoms with E-state index in [4.69, 9.17) is 0 Å². The van der Waals surface area contributed by atoms with Crippen LogP contribution in [0.25, 0.3) is 5.57 Å². The van der Waals surface area contributed by atoms with Crippen LogP contribution in [0.15, 0.2) is 47.9 Å². The second-order valence-electron chi connectivity index (χ2n) is 2.71. The third-order valence-corrected chi connectivity index (χ3v) is 2.57. The van der Waals surface area contributed by atoms with Gasteiger partial charge in [-0.15, -0.1) is 0 Å². The van der Waals surface area contributed by atoms with Gasteiger partial charge in [-0.3, -0.25) is 4.21 Å². The monoisotopic (exact) mass is 207 g/mol. The molecule has 0 aliphatic carbocycles. The SMILES string of the molecule is C=C/C(=C\C)c1ccc(S(=O)[O-])cc1. The van der Waals surface area contributed by atoms with E-state index in [0.29, 0.717) is 4.90 Å². The summed E-state index contributed by atoms with van der Waals surface area (Å²) in [7, 11) is 0. The van der Waals surface area contributed by atoms with E-state index in [9.17, 15) is 8.76 Å². The Hall–Kier alpha value is -1.19. The van der Waals surface area contributed by atoms with E-state index in [1.165, 1.54) is 0 Å². The molecule has 1 aromatic carbocycles. The van der Waals surface area contributed by atoms with Crippen LogP contribution >= 0.6 is 0 Å². The highest BCUT2D eigenvalue weighted by atomic mass is 32.2. The van der Waals surface area contributed by atoms with Gasteiger partial charge in [0.05, 0.1) is 0 Å². The van der Waals surface area contributed by atoms with Crippen molar-refractivity contribution in [1.29, 1.82) is 0 Å². The molecule has 0 saturated carbocycles. The van der Waals surface area contributed by atoms with E-state index < -0.39 is 11.1 Å². The lowest BCUT2D eigenvalue weighted by atomic mass is 10.1. The first-order chi connectivity index (χ1) is 6.69. The number of allylic oxidation sites excluding steroid dienone is 3. The summed E-state index contributed by atoms with van der Waals surface area (Å²) < 4.78 is 21.2. The third kappa shape index (κ3) is 2.40. The highest BCUT2D eigenvalue weighted by molar-refractivity contribution is 7.79. The van der Waals surface area contributed by atoms with Gasteiger partial charge in [-0.2, -0.15) is 0 Å². The van der Waals surface area contributed by atoms with Crippen molar-refractivity contribution in [2.24, 2.45) is 0 Å². The number of benzene rings is 1. The Morgan fingerprint density at radius 3 is 2.36 bits per heavy atom. The normalized spacial score (nSPS) is 13.7. The molecule has 0 spiro atoms. The molecular formula is C11H11O2S-. The van der Waals surface area contributed by atoms with Crippen LogP contribution in [-0.4, -0.2) is 8.76 Å². The van der Waals surface area contributed by atoms with Crippen LogP contribution < -0.4 is 0 Å². The molecule has 74 valence electrons. The summed E-state index contributed by atoms with van der Waals surface area (Å²) in [5.41, 5.74) is 1.96. The van der Waals surface area contributed by atoms with Gasteiger partial charge in [0.1, 0.15) is 0 Å². The zero-order valence-electron chi connectivity index (χ0n) is 7.90. The molecule has 1 rings (SSSR count). The average Bonchev–Trinajstić information content (AvgIpc) is 2.20. The maximum absolute atomic E-state index is 10.6. The van der Waals surface area contributed by atoms with Crippen molar-refractivity contribution in [3.63, 3.8) is 0 Å². The Kier molecular flexibility index (Phi) is 3.80. The minimum absolute atomic E-state index is 0.299. The van der Waals surface area contributed by atoms with Crippen LogP contribution in [0.3, 0.4) is 0 Å². The molecule has 0 aromatic heterocycles. The van der Waals surface area contributed by atoms with Crippen molar-refractivity contribution < 1.29 is 8.76 Å². The fourth-order valence-corrected chi connectivity index (χ4v) is 1.52. The molecule has 1 atom stereocenters. The molecule has 0 aliphatic rings. The summed E-state index contributed by atoms with van der Waals surface area (Å²) in [5.74, 6) is 0. The van der Waals surface area contributed by atoms with E-state index in [1.54, 1.807) is 30.3 Å². The van der Waals surface area contributed by atoms with E-state index in [1.807, 2.05) is 13.0 Å². The Bertz CT molecular complexity index is 377. The van der Waals surface area contributed by atoms with Crippen LogP contribution in [0, 0.1) is 0 Å². The van der Waals surface area contributed by atoms with Gasteiger partial charge in [0.15, 0.2) is 0 Å². The van der Waals surface area contributed by atoms with E-state index in [-0.39, 0.29) is 0 Å². The summed E-state index contributed by atoms with van der Waals surface area (Å²) in [4.78, 5) is 0.299. The fourth-order valence-electron chi connectivity index (χ4n) is 1.16. The average molecular weight is 207 g/mol. The van der Waals surface area contributed by atoms with Crippen molar-refractivity contribution in [3.05, 3.63) is 48.6 Å². The Labute approximate surface area is 86.3 Å². The molecule has 2 nitrogen and oxygen atoms in total. The van der Waals surface area contributed by atoms with Gasteiger partial charge in [0.25, 0.3) is 0 Å². The molecule has 1 unspecified atom stereocenters. The highest BCUT2D eigenvalue weighted by Gasteiger charge is 1.96. The van der Waals surface area contributed by atoms with E-state index in [0.717, 1.165) is 11.1 Å². The lowest BCUT2D eigenvalue weighted by molar-refractivity contribution is 0.537. The molecule has 0 heterocycles. The maximum Gasteiger partial charge on any atom is 0.0249 e.